The topological polar surface area (TPSA) is 137 Å². The van der Waals surface area contributed by atoms with Gasteiger partial charge in [0, 0.05) is 45.1 Å². The van der Waals surface area contributed by atoms with E-state index in [2.05, 4.69) is 33.9 Å². The maximum Gasteiger partial charge on any atom is 0.172 e. The van der Waals surface area contributed by atoms with Crippen molar-refractivity contribution in [3.63, 3.8) is 0 Å². The molecule has 0 radical (unpaired) electrons. The minimum atomic E-state index is -0.803. The molecule has 12 bridgehead atoms. The van der Waals surface area contributed by atoms with Gasteiger partial charge in [-0.2, -0.15) is 0 Å². The third-order valence-corrected chi connectivity index (χ3v) is 14.6. The van der Waals surface area contributed by atoms with E-state index in [-0.39, 0.29) is 104 Å². The Morgan fingerprint density at radius 3 is 2.40 bits per heavy atom. The second kappa shape index (κ2) is 13.7. The monoisotopic (exact) mass is 727 g/mol. The average Bonchev–Trinajstić information content (AvgIpc) is 3.73. The minimum Gasteiger partial charge on any atom is -0.392 e. The molecule has 10 heterocycles. The van der Waals surface area contributed by atoms with Crippen LogP contribution >= 0.6 is 0 Å². The number of fused-ring (bicyclic) bond motifs is 6. The van der Waals surface area contributed by atoms with Crippen LogP contribution in [0.25, 0.3) is 0 Å². The van der Waals surface area contributed by atoms with Crippen LogP contribution in [0.3, 0.4) is 0 Å². The largest absolute Gasteiger partial charge is 0.392 e. The number of ether oxygens (including phenoxy) is 8. The molecule has 0 aliphatic carbocycles. The maximum atomic E-state index is 14.0. The quantitative estimate of drug-likeness (QED) is 0.399. The summed E-state index contributed by atoms with van der Waals surface area (Å²) in [4.78, 5) is 14.0. The van der Waals surface area contributed by atoms with Crippen LogP contribution in [0.15, 0.2) is 24.3 Å². The van der Waals surface area contributed by atoms with Crippen molar-refractivity contribution >= 4 is 5.78 Å². The van der Waals surface area contributed by atoms with Gasteiger partial charge >= 0.3 is 0 Å². The molecular weight excluding hydrogens is 666 g/mol. The van der Waals surface area contributed by atoms with Gasteiger partial charge in [-0.05, 0) is 80.8 Å². The highest BCUT2D eigenvalue weighted by atomic mass is 16.8. The van der Waals surface area contributed by atoms with E-state index in [1.807, 2.05) is 0 Å². The maximum absolute atomic E-state index is 14.0. The summed E-state index contributed by atoms with van der Waals surface area (Å²) < 4.78 is 54.5. The van der Waals surface area contributed by atoms with Gasteiger partial charge < -0.3 is 48.7 Å². The molecule has 10 fully saturated rings. The summed E-state index contributed by atoms with van der Waals surface area (Å²) in [6.07, 6.45) is 6.17. The van der Waals surface area contributed by atoms with Crippen molar-refractivity contribution in [2.75, 3.05) is 6.54 Å². The van der Waals surface area contributed by atoms with Crippen molar-refractivity contribution in [2.45, 2.75) is 201 Å². The lowest BCUT2D eigenvalue weighted by Crippen LogP contribution is -2.61. The van der Waals surface area contributed by atoms with E-state index in [4.69, 9.17) is 43.6 Å². The Hall–Kier alpha value is -1.25. The third kappa shape index (κ3) is 6.40. The number of rotatable bonds is 3. The third-order valence-electron chi connectivity index (χ3n) is 14.6. The van der Waals surface area contributed by atoms with Gasteiger partial charge in [0.2, 0.25) is 0 Å². The van der Waals surface area contributed by atoms with Gasteiger partial charge in [-0.25, -0.2) is 0 Å². The highest BCUT2D eigenvalue weighted by molar-refractivity contribution is 5.79. The Morgan fingerprint density at radius 1 is 0.808 bits per heavy atom. The number of carbonyl (C=O) groups is 1. The van der Waals surface area contributed by atoms with E-state index >= 15 is 0 Å². The standard InChI is InChI=1S/C41H61NO10/c1-20-12-26-6-8-30-21(2)13-28(45-30)10-11-41-19-40(5)39(52-41)38-37(50-40)36(51-41)35-31(49-38)9-7-27(47-35)14-24(43)15-29-23(4)32(16-25(44)18-42)48-34(29)17-33(46-26)22(20)3/h20,23,25-39,44H,2-3,6-19,42H2,1,4-5H3/t20-,23-,25+,26+,27?,28+,29-,30?,31+,32-,33-,34?,35+,36+,37+,38-,39-,40-,41?/m1/s1. The second-order valence-electron chi connectivity index (χ2n) is 18.3. The van der Waals surface area contributed by atoms with Crippen LogP contribution in [0.1, 0.15) is 104 Å². The molecule has 0 aromatic heterocycles. The summed E-state index contributed by atoms with van der Waals surface area (Å²) in [5.41, 5.74) is 7.57. The Bertz CT molecular complexity index is 1410. The van der Waals surface area contributed by atoms with Gasteiger partial charge in [0.15, 0.2) is 5.79 Å². The normalized spacial score (nSPS) is 53.8. The molecule has 10 aliphatic rings. The lowest BCUT2D eigenvalue weighted by atomic mass is 9.78. The SMILES string of the molecule is C=C1C[C@@H]2CCC34C[C@@]5(C)O[C@H]6[C@@H](O3)[C@H]3OC(CC[C@@H]3O[C@H]6[C@H]5O4)CC(=O)C[C@H]3C(C[C@H]4O[C@@H](CCC1O2)C[C@@H](C)C4=C)O[C@H](C[C@H](O)CN)[C@@H]3C. The molecule has 0 saturated carbocycles. The molecule has 0 aromatic rings. The molecule has 3 N–H and O–H groups in total. The van der Waals surface area contributed by atoms with Crippen molar-refractivity contribution in [3.05, 3.63) is 24.3 Å². The van der Waals surface area contributed by atoms with Crippen molar-refractivity contribution < 1.29 is 47.8 Å². The van der Waals surface area contributed by atoms with Gasteiger partial charge in [0.05, 0.1) is 54.9 Å². The van der Waals surface area contributed by atoms with Crippen LogP contribution in [-0.2, 0) is 42.7 Å². The zero-order chi connectivity index (χ0) is 36.1. The van der Waals surface area contributed by atoms with E-state index in [1.54, 1.807) is 0 Å². The lowest BCUT2D eigenvalue weighted by Gasteiger charge is -2.47. The number of carbonyl (C=O) groups excluding carboxylic acids is 1. The predicted octanol–water partition coefficient (Wildman–Crippen LogP) is 4.45. The van der Waals surface area contributed by atoms with Gasteiger partial charge in [0.1, 0.15) is 41.9 Å². The fraction of sp³-hybridized carbons (Fsp3) is 0.878. The number of aliphatic hydroxyl groups excluding tert-OH is 1. The molecule has 0 aromatic carbocycles. The Kier molecular flexibility index (Phi) is 9.62. The molecule has 1 spiro atoms. The molecule has 52 heavy (non-hydrogen) atoms. The predicted molar refractivity (Wildman–Crippen MR) is 189 cm³/mol. The first-order chi connectivity index (χ1) is 24.9. The summed E-state index contributed by atoms with van der Waals surface area (Å²) in [7, 11) is 0. The number of Topliss-reactive ketones (excluding diaryl/α,β-unsaturated/α-hetero) is 1. The number of ketones is 1. The van der Waals surface area contributed by atoms with Crippen LogP contribution < -0.4 is 5.73 Å². The summed E-state index contributed by atoms with van der Waals surface area (Å²) in [6, 6.07) is 0. The zero-order valence-corrected chi connectivity index (χ0v) is 31.3. The molecule has 10 saturated heterocycles. The van der Waals surface area contributed by atoms with Crippen LogP contribution in [0.5, 0.6) is 0 Å². The van der Waals surface area contributed by atoms with E-state index in [0.29, 0.717) is 44.4 Å². The summed E-state index contributed by atoms with van der Waals surface area (Å²) in [6.45, 7) is 15.6. The molecule has 0 amide bonds. The van der Waals surface area contributed by atoms with Gasteiger partial charge in [0.25, 0.3) is 0 Å². The summed E-state index contributed by atoms with van der Waals surface area (Å²) in [5, 5.41) is 10.5. The van der Waals surface area contributed by atoms with E-state index in [9.17, 15) is 9.90 Å². The highest BCUT2D eigenvalue weighted by Crippen LogP contribution is 2.58. The first-order valence-corrected chi connectivity index (χ1v) is 20.5. The minimum absolute atomic E-state index is 0.00566. The molecular formula is C41H61NO10. The fourth-order valence-corrected chi connectivity index (χ4v) is 11.7. The van der Waals surface area contributed by atoms with Gasteiger partial charge in [-0.1, -0.05) is 27.0 Å². The van der Waals surface area contributed by atoms with Crippen LogP contribution in [0, 0.1) is 17.8 Å². The molecule has 11 nitrogen and oxygen atoms in total. The number of hydrogen-bond acceptors (Lipinski definition) is 11. The van der Waals surface area contributed by atoms with Crippen molar-refractivity contribution in [3.8, 4) is 0 Å². The van der Waals surface area contributed by atoms with Crippen molar-refractivity contribution in [1.82, 2.24) is 0 Å². The number of hydrogen-bond donors (Lipinski definition) is 2. The number of nitrogens with two attached hydrogens (primary N) is 1. The van der Waals surface area contributed by atoms with Crippen LogP contribution in [-0.4, -0.2) is 114 Å². The Balaban J connectivity index is 0.994. The lowest BCUT2D eigenvalue weighted by molar-refractivity contribution is -0.294. The zero-order valence-electron chi connectivity index (χ0n) is 31.3. The number of aliphatic hydroxyl groups is 1. The first-order valence-electron chi connectivity index (χ1n) is 20.5. The van der Waals surface area contributed by atoms with E-state index < -0.39 is 17.5 Å². The Morgan fingerprint density at radius 2 is 1.58 bits per heavy atom. The molecule has 290 valence electrons. The molecule has 10 rings (SSSR count). The molecule has 10 aliphatic heterocycles. The first kappa shape index (κ1) is 36.4. The summed E-state index contributed by atoms with van der Waals surface area (Å²) in [5.74, 6) is -0.272. The van der Waals surface area contributed by atoms with Gasteiger partial charge in [-0.15, -0.1) is 0 Å². The highest BCUT2D eigenvalue weighted by Gasteiger charge is 2.73. The molecule has 19 atom stereocenters. The van der Waals surface area contributed by atoms with Gasteiger partial charge in [-0.3, -0.25) is 4.79 Å². The second-order valence-corrected chi connectivity index (χ2v) is 18.3. The van der Waals surface area contributed by atoms with E-state index in [0.717, 1.165) is 56.1 Å². The van der Waals surface area contributed by atoms with Crippen LogP contribution in [0.4, 0.5) is 0 Å². The van der Waals surface area contributed by atoms with Crippen LogP contribution in [0.2, 0.25) is 0 Å². The summed E-state index contributed by atoms with van der Waals surface area (Å²) >= 11 is 0. The average molecular weight is 728 g/mol. The smallest absolute Gasteiger partial charge is 0.172 e. The van der Waals surface area contributed by atoms with Crippen molar-refractivity contribution in [1.29, 1.82) is 0 Å². The van der Waals surface area contributed by atoms with E-state index in [1.165, 1.54) is 0 Å². The van der Waals surface area contributed by atoms with Crippen molar-refractivity contribution in [2.24, 2.45) is 23.5 Å². The molecule has 11 heteroatoms. The Labute approximate surface area is 308 Å². The fourth-order valence-electron chi connectivity index (χ4n) is 11.7. The molecule has 4 unspecified atom stereocenters.